The highest BCUT2D eigenvalue weighted by Crippen LogP contribution is 2.94. The van der Waals surface area contributed by atoms with E-state index in [1.54, 1.807) is 42.5 Å². The Morgan fingerprint density at radius 3 is 1.98 bits per heavy atom. The molecule has 2 heteroatoms. The highest BCUT2D eigenvalue weighted by atomic mass is 32.1. The van der Waals surface area contributed by atoms with Gasteiger partial charge in [0.05, 0.1) is 7.11 Å². The van der Waals surface area contributed by atoms with Crippen LogP contribution in [0.5, 0.6) is 5.75 Å². The fraction of sp³-hybridized carbons (Fsp3) is 0.731. The predicted molar refractivity (Wildman–Crippen MR) is 209 cm³/mol. The predicted octanol–water partition coefficient (Wildman–Crippen LogP) is 10.4. The number of hydrogen-bond acceptors (Lipinski definition) is 2. The standard InChI is InChI=1S/C52H56OS/c1-19-5-6-20(29(8-19)53-2)17-52-28-15-26-13-24-11-22-9-21-10-23-12-25-14-27-16-51(18-28,30-4-3-7-54-30)49-46-36(27)33(25)38-34(23)37-31(21)32(22)39-35(24)45(48(26)52)43-42(39)40(37)41(38)44(46)47(43)50(49)52/h3-8,16,18,21-26,31-50H,9-15,17H2,1-2H3. The van der Waals surface area contributed by atoms with Gasteiger partial charge in [-0.05, 0) is 241 Å². The minimum Gasteiger partial charge on any atom is -0.496 e. The van der Waals surface area contributed by atoms with Gasteiger partial charge in [-0.1, -0.05) is 41.5 Å². The van der Waals surface area contributed by atoms with Crippen LogP contribution in [-0.4, -0.2) is 7.11 Å². The first-order valence-corrected chi connectivity index (χ1v) is 24.6. The quantitative estimate of drug-likeness (QED) is 0.285. The van der Waals surface area contributed by atoms with Gasteiger partial charge in [0.15, 0.2) is 0 Å². The number of thiophene rings is 1. The maximum Gasteiger partial charge on any atom is 0.122 e. The van der Waals surface area contributed by atoms with Gasteiger partial charge in [-0.2, -0.15) is 0 Å². The molecule has 1 heterocycles. The molecule has 16 aliphatic rings. The smallest absolute Gasteiger partial charge is 0.122 e. The molecule has 0 N–H and O–H groups in total. The van der Waals surface area contributed by atoms with Gasteiger partial charge in [-0.15, -0.1) is 11.3 Å². The van der Waals surface area contributed by atoms with Crippen molar-refractivity contribution < 1.29 is 4.74 Å². The molecule has 14 saturated carbocycles. The molecule has 0 aliphatic heterocycles. The molecule has 28 atom stereocenters. The summed E-state index contributed by atoms with van der Waals surface area (Å²) in [5, 5.41) is 2.47. The lowest BCUT2D eigenvalue weighted by Gasteiger charge is -2.65. The van der Waals surface area contributed by atoms with Crippen LogP contribution < -0.4 is 4.74 Å². The summed E-state index contributed by atoms with van der Waals surface area (Å²) in [4.78, 5) is 1.75. The van der Waals surface area contributed by atoms with E-state index in [1.807, 2.05) is 18.3 Å². The van der Waals surface area contributed by atoms with Crippen molar-refractivity contribution in [1.29, 1.82) is 0 Å². The zero-order chi connectivity index (χ0) is 34.2. The third-order valence-corrected chi connectivity index (χ3v) is 25.7. The van der Waals surface area contributed by atoms with E-state index in [2.05, 4.69) is 66.1 Å². The van der Waals surface area contributed by atoms with E-state index in [-0.39, 0.29) is 5.41 Å². The third kappa shape index (κ3) is 2.48. The molecule has 0 radical (unpaired) electrons. The first kappa shape index (κ1) is 28.6. The molecular weight excluding hydrogens is 673 g/mol. The first-order chi connectivity index (χ1) is 26.6. The van der Waals surface area contributed by atoms with Crippen molar-refractivity contribution in [3.05, 3.63) is 75.0 Å². The molecule has 0 spiro atoms. The van der Waals surface area contributed by atoms with Gasteiger partial charge >= 0.3 is 0 Å². The lowest BCUT2D eigenvalue weighted by molar-refractivity contribution is -0.163. The van der Waals surface area contributed by atoms with Gasteiger partial charge in [0.25, 0.3) is 0 Å². The second-order valence-corrected chi connectivity index (χ2v) is 25.3. The van der Waals surface area contributed by atoms with Gasteiger partial charge in [-0.25, -0.2) is 0 Å². The lowest BCUT2D eigenvalue weighted by atomic mass is 9.38. The summed E-state index contributed by atoms with van der Waals surface area (Å²) < 4.78 is 6.40. The molecule has 1 aromatic carbocycles. The molecule has 0 amide bonds. The van der Waals surface area contributed by atoms with E-state index in [4.69, 9.17) is 4.74 Å². The maximum atomic E-state index is 6.40. The average molecular weight is 729 g/mol. The Kier molecular flexibility index (Phi) is 4.43. The van der Waals surface area contributed by atoms with Crippen LogP contribution >= 0.6 is 11.3 Å². The van der Waals surface area contributed by atoms with E-state index < -0.39 is 0 Å². The van der Waals surface area contributed by atoms with Crippen LogP contribution in [0.3, 0.4) is 0 Å². The van der Waals surface area contributed by atoms with E-state index in [0.29, 0.717) is 5.41 Å². The molecule has 0 saturated heterocycles. The number of allylic oxidation sites excluding steroid dienone is 4. The second-order valence-electron chi connectivity index (χ2n) is 24.3. The number of methoxy groups -OCH3 is 1. The van der Waals surface area contributed by atoms with Crippen molar-refractivity contribution in [3.8, 4) is 5.75 Å². The van der Waals surface area contributed by atoms with Gasteiger partial charge < -0.3 is 4.74 Å². The Balaban J connectivity index is 0.999. The number of benzene rings is 1. The van der Waals surface area contributed by atoms with Crippen LogP contribution in [0.25, 0.3) is 0 Å². The van der Waals surface area contributed by atoms with E-state index in [9.17, 15) is 0 Å². The van der Waals surface area contributed by atoms with E-state index in [1.165, 1.54) is 30.6 Å². The first-order valence-electron chi connectivity index (χ1n) is 23.7. The zero-order valence-electron chi connectivity index (χ0n) is 32.1. The van der Waals surface area contributed by atoms with Crippen molar-refractivity contribution >= 4 is 11.3 Å². The van der Waals surface area contributed by atoms with Crippen molar-refractivity contribution in [2.75, 3.05) is 7.11 Å². The molecular formula is C52H56OS. The van der Waals surface area contributed by atoms with Crippen LogP contribution in [-0.2, 0) is 11.8 Å². The summed E-state index contributed by atoms with van der Waals surface area (Å²) in [6.45, 7) is 2.28. The van der Waals surface area contributed by atoms with Crippen molar-refractivity contribution in [2.24, 2.45) is 159 Å². The second kappa shape index (κ2) is 8.36. The summed E-state index contributed by atoms with van der Waals surface area (Å²) in [6.07, 6.45) is 18.8. The molecule has 0 bridgehead atoms. The van der Waals surface area contributed by atoms with Gasteiger partial charge in [-0.3, -0.25) is 0 Å². The van der Waals surface area contributed by atoms with Crippen LogP contribution in [0, 0.1) is 166 Å². The Morgan fingerprint density at radius 1 is 0.611 bits per heavy atom. The highest BCUT2D eigenvalue weighted by Gasteiger charge is 2.89. The minimum atomic E-state index is 0.156. The van der Waals surface area contributed by atoms with Crippen LogP contribution in [0.4, 0.5) is 0 Å². The summed E-state index contributed by atoms with van der Waals surface area (Å²) >= 11 is 2.16. The van der Waals surface area contributed by atoms with Crippen molar-refractivity contribution in [1.82, 2.24) is 0 Å². The van der Waals surface area contributed by atoms with E-state index >= 15 is 0 Å². The van der Waals surface area contributed by atoms with Crippen molar-refractivity contribution in [2.45, 2.75) is 63.7 Å². The fourth-order valence-corrected chi connectivity index (χ4v) is 26.8. The van der Waals surface area contributed by atoms with Gasteiger partial charge in [0.1, 0.15) is 5.75 Å². The van der Waals surface area contributed by atoms with Gasteiger partial charge in [0.2, 0.25) is 0 Å². The number of rotatable bonds is 4. The number of aryl methyl sites for hydroxylation is 1. The normalized spacial score (nSPS) is 67.0. The summed E-state index contributed by atoms with van der Waals surface area (Å²) in [6, 6.07) is 12.5. The number of ether oxygens (including phenoxy) is 1. The number of hydrogen-bond donors (Lipinski definition) is 0. The Hall–Kier alpha value is -1.80. The summed E-state index contributed by atoms with van der Waals surface area (Å²) in [5.74, 6) is 28.7. The lowest BCUT2D eigenvalue weighted by Crippen LogP contribution is -2.62. The van der Waals surface area contributed by atoms with Crippen molar-refractivity contribution in [3.63, 3.8) is 0 Å². The van der Waals surface area contributed by atoms with Crippen LogP contribution in [0.15, 0.2) is 59.0 Å². The van der Waals surface area contributed by atoms with E-state index in [0.717, 1.165) is 154 Å². The monoisotopic (exact) mass is 728 g/mol. The third-order valence-electron chi connectivity index (χ3n) is 24.6. The fourth-order valence-electron chi connectivity index (χ4n) is 25.9. The molecule has 54 heavy (non-hydrogen) atoms. The summed E-state index contributed by atoms with van der Waals surface area (Å²) in [5.41, 5.74) is 7.49. The minimum absolute atomic E-state index is 0.156. The van der Waals surface area contributed by atoms with Crippen LogP contribution in [0.2, 0.25) is 0 Å². The largest absolute Gasteiger partial charge is 0.496 e. The average Bonchev–Trinajstić information content (AvgIpc) is 4.02. The molecule has 1 nitrogen and oxygen atoms in total. The molecule has 16 aliphatic carbocycles. The SMILES string of the molecule is COc1cc(C)ccc1CC12C3=CC4(c5cccs5)C=C5CC6CC7CC8CC9CC%10CC(C3)C1C1C%10C3C9C8C8C7C7C6C5C5C6C7C8C3C1C6C2C54. The van der Waals surface area contributed by atoms with Gasteiger partial charge in [0, 0.05) is 15.7 Å². The highest BCUT2D eigenvalue weighted by molar-refractivity contribution is 7.10. The molecule has 28 unspecified atom stereocenters. The molecule has 18 rings (SSSR count). The Labute approximate surface area is 325 Å². The molecule has 276 valence electrons. The molecule has 2 aromatic rings. The van der Waals surface area contributed by atoms with Crippen LogP contribution in [0.1, 0.15) is 60.9 Å². The summed E-state index contributed by atoms with van der Waals surface area (Å²) in [7, 11) is 1.98. The Bertz CT molecular complexity index is 2230. The Morgan fingerprint density at radius 2 is 1.24 bits per heavy atom. The topological polar surface area (TPSA) is 9.23 Å². The molecule has 14 fully saturated rings. The molecule has 1 aromatic heterocycles. The maximum absolute atomic E-state index is 6.40. The zero-order valence-corrected chi connectivity index (χ0v) is 32.9.